The molecule has 0 saturated carbocycles. The van der Waals surface area contributed by atoms with Gasteiger partial charge in [-0.1, -0.05) is 12.1 Å². The van der Waals surface area contributed by atoms with Crippen LogP contribution in [0, 0.1) is 0 Å². The molecule has 0 saturated heterocycles. The first-order valence-corrected chi connectivity index (χ1v) is 8.15. The molecule has 0 atom stereocenters. The summed E-state index contributed by atoms with van der Waals surface area (Å²) < 4.78 is 27.1. The minimum atomic E-state index is -3.59. The Labute approximate surface area is 124 Å². The third-order valence-corrected chi connectivity index (χ3v) is 4.12. The van der Waals surface area contributed by atoms with Crippen LogP contribution < -0.4 is 15.1 Å². The van der Waals surface area contributed by atoms with E-state index < -0.39 is 13.8 Å². The molecule has 2 amide bonds. The summed E-state index contributed by atoms with van der Waals surface area (Å²) in [6.45, 7) is 3.98. The number of hydrogen-bond acceptors (Lipinski definition) is 5. The van der Waals surface area contributed by atoms with Crippen molar-refractivity contribution in [3.63, 3.8) is 0 Å². The highest BCUT2D eigenvalue weighted by molar-refractivity contribution is 7.52. The molecular weight excluding hydrogens is 295 g/mol. The minimum absolute atomic E-state index is 0.177. The summed E-state index contributed by atoms with van der Waals surface area (Å²) in [7, 11) is -2.01. The number of hydrogen-bond donors (Lipinski definition) is 2. The fraction of sp³-hybridized carbons (Fsp3) is 0.462. The van der Waals surface area contributed by atoms with Crippen LogP contribution in [0.15, 0.2) is 24.3 Å². The fourth-order valence-electron chi connectivity index (χ4n) is 1.53. The van der Waals surface area contributed by atoms with Crippen LogP contribution in [0.2, 0.25) is 0 Å². The van der Waals surface area contributed by atoms with Crippen LogP contribution in [0.4, 0.5) is 4.79 Å². The van der Waals surface area contributed by atoms with E-state index >= 15 is 0 Å². The number of ether oxygens (including phenoxy) is 1. The smallest absolute Gasteiger partial charge is 0.436 e. The summed E-state index contributed by atoms with van der Waals surface area (Å²) in [5, 5.41) is 4.81. The molecule has 0 aliphatic rings. The Bertz CT molecular complexity index is 482. The van der Waals surface area contributed by atoms with E-state index in [0.717, 1.165) is 11.3 Å². The Morgan fingerprint density at radius 2 is 1.71 bits per heavy atom. The van der Waals surface area contributed by atoms with Crippen molar-refractivity contribution in [3.8, 4) is 5.75 Å². The van der Waals surface area contributed by atoms with E-state index in [1.54, 1.807) is 33.1 Å². The second-order valence-electron chi connectivity index (χ2n) is 3.98. The predicted octanol–water partition coefficient (Wildman–Crippen LogP) is 2.68. The fourth-order valence-corrected chi connectivity index (χ4v) is 2.74. The SMILES string of the molecule is CCOP(=O)(NC(=O)NCc1ccc(OC)cc1)OCC. The largest absolute Gasteiger partial charge is 0.497 e. The number of benzene rings is 1. The van der Waals surface area contributed by atoms with Crippen molar-refractivity contribution in [1.82, 2.24) is 10.4 Å². The van der Waals surface area contributed by atoms with Crippen molar-refractivity contribution in [1.29, 1.82) is 0 Å². The lowest BCUT2D eigenvalue weighted by molar-refractivity contribution is 0.205. The van der Waals surface area contributed by atoms with E-state index in [1.165, 1.54) is 0 Å². The van der Waals surface area contributed by atoms with Gasteiger partial charge in [-0.3, -0.25) is 9.05 Å². The van der Waals surface area contributed by atoms with Crippen molar-refractivity contribution < 1.29 is 23.1 Å². The molecule has 0 aromatic heterocycles. The highest BCUT2D eigenvalue weighted by Gasteiger charge is 2.26. The predicted molar refractivity (Wildman–Crippen MR) is 79.2 cm³/mol. The maximum absolute atomic E-state index is 12.1. The highest BCUT2D eigenvalue weighted by Crippen LogP contribution is 2.43. The van der Waals surface area contributed by atoms with Crippen LogP contribution in [0.5, 0.6) is 5.75 Å². The molecule has 0 unspecified atom stereocenters. The average Bonchev–Trinajstić information content (AvgIpc) is 2.46. The number of methoxy groups -OCH3 is 1. The lowest BCUT2D eigenvalue weighted by Gasteiger charge is -2.17. The maximum atomic E-state index is 12.1. The topological polar surface area (TPSA) is 85.9 Å². The molecule has 0 radical (unpaired) electrons. The first-order chi connectivity index (χ1) is 10.0. The summed E-state index contributed by atoms with van der Waals surface area (Å²) in [5.41, 5.74) is 0.883. The molecule has 1 rings (SSSR count). The van der Waals surface area contributed by atoms with Crippen molar-refractivity contribution in [2.75, 3.05) is 20.3 Å². The number of nitrogens with one attached hydrogen (secondary N) is 2. The van der Waals surface area contributed by atoms with Gasteiger partial charge in [0.1, 0.15) is 5.75 Å². The molecular formula is C13H21N2O5P. The second-order valence-corrected chi connectivity index (χ2v) is 5.71. The van der Waals surface area contributed by atoms with E-state index in [-0.39, 0.29) is 19.8 Å². The summed E-state index contributed by atoms with van der Waals surface area (Å²) in [6.07, 6.45) is 0. The van der Waals surface area contributed by atoms with Gasteiger partial charge in [-0.25, -0.2) is 14.4 Å². The molecule has 0 aliphatic carbocycles. The third-order valence-electron chi connectivity index (χ3n) is 2.45. The quantitative estimate of drug-likeness (QED) is 0.720. The van der Waals surface area contributed by atoms with Crippen LogP contribution in [0.25, 0.3) is 0 Å². The molecule has 8 heteroatoms. The van der Waals surface area contributed by atoms with Crippen molar-refractivity contribution >= 4 is 13.8 Å². The van der Waals surface area contributed by atoms with Gasteiger partial charge in [-0.05, 0) is 31.5 Å². The summed E-state index contributed by atoms with van der Waals surface area (Å²) in [5.74, 6) is 0.736. The Morgan fingerprint density at radius 3 is 2.19 bits per heavy atom. The maximum Gasteiger partial charge on any atom is 0.436 e. The Hall–Kier alpha value is -1.56. The summed E-state index contributed by atoms with van der Waals surface area (Å²) in [4.78, 5) is 11.7. The first-order valence-electron chi connectivity index (χ1n) is 6.61. The van der Waals surface area contributed by atoms with Crippen LogP contribution in [0.1, 0.15) is 19.4 Å². The zero-order valence-electron chi connectivity index (χ0n) is 12.4. The Balaban J connectivity index is 2.50. The second kappa shape index (κ2) is 8.67. The van der Waals surface area contributed by atoms with Gasteiger partial charge in [0.15, 0.2) is 0 Å². The molecule has 1 aromatic carbocycles. The number of urea groups is 1. The monoisotopic (exact) mass is 316 g/mol. The summed E-state index contributed by atoms with van der Waals surface area (Å²) >= 11 is 0. The van der Waals surface area contributed by atoms with Crippen LogP contribution in [-0.2, 0) is 20.2 Å². The lowest BCUT2D eigenvalue weighted by atomic mass is 10.2. The molecule has 21 heavy (non-hydrogen) atoms. The molecule has 2 N–H and O–H groups in total. The third kappa shape index (κ3) is 6.16. The van der Waals surface area contributed by atoms with E-state index in [1.807, 2.05) is 12.1 Å². The standard InChI is InChI=1S/C13H21N2O5P/c1-4-19-21(17,20-5-2)15-13(16)14-10-11-6-8-12(18-3)9-7-11/h6-9H,4-5,10H2,1-3H3,(H2,14,15,16,17). The van der Waals surface area contributed by atoms with Gasteiger partial charge >= 0.3 is 13.8 Å². The average molecular weight is 316 g/mol. The van der Waals surface area contributed by atoms with Crippen LogP contribution in [0.3, 0.4) is 0 Å². The van der Waals surface area contributed by atoms with Crippen molar-refractivity contribution in [2.45, 2.75) is 20.4 Å². The number of amides is 2. The Kier molecular flexibility index (Phi) is 7.22. The lowest BCUT2D eigenvalue weighted by Crippen LogP contribution is -2.34. The first kappa shape index (κ1) is 17.5. The molecule has 1 aromatic rings. The van der Waals surface area contributed by atoms with Gasteiger partial charge < -0.3 is 10.1 Å². The van der Waals surface area contributed by atoms with Gasteiger partial charge in [-0.2, -0.15) is 0 Å². The molecule has 0 fully saturated rings. The molecule has 7 nitrogen and oxygen atoms in total. The van der Waals surface area contributed by atoms with Gasteiger partial charge in [0.05, 0.1) is 20.3 Å². The van der Waals surface area contributed by atoms with Gasteiger partial charge in [-0.15, -0.1) is 0 Å². The van der Waals surface area contributed by atoms with E-state index in [9.17, 15) is 9.36 Å². The number of carbonyl (C=O) groups is 1. The van der Waals surface area contributed by atoms with Crippen molar-refractivity contribution in [3.05, 3.63) is 29.8 Å². The van der Waals surface area contributed by atoms with Crippen molar-refractivity contribution in [2.24, 2.45) is 0 Å². The zero-order chi connectivity index (χ0) is 15.7. The van der Waals surface area contributed by atoms with E-state index in [0.29, 0.717) is 0 Å². The van der Waals surface area contributed by atoms with Crippen LogP contribution >= 0.6 is 7.75 Å². The number of carbonyl (C=O) groups excluding carboxylic acids is 1. The van der Waals surface area contributed by atoms with Gasteiger partial charge in [0.2, 0.25) is 0 Å². The number of rotatable bonds is 8. The Morgan fingerprint density at radius 1 is 1.14 bits per heavy atom. The molecule has 0 aliphatic heterocycles. The van der Waals surface area contributed by atoms with E-state index in [2.05, 4.69) is 10.4 Å². The minimum Gasteiger partial charge on any atom is -0.497 e. The summed E-state index contributed by atoms with van der Waals surface area (Å²) in [6, 6.07) is 6.62. The van der Waals surface area contributed by atoms with Gasteiger partial charge in [0, 0.05) is 6.54 Å². The van der Waals surface area contributed by atoms with E-state index in [4.69, 9.17) is 13.8 Å². The van der Waals surface area contributed by atoms with Crippen LogP contribution in [-0.4, -0.2) is 26.4 Å². The normalized spacial score (nSPS) is 11.0. The molecule has 0 spiro atoms. The molecule has 0 heterocycles. The zero-order valence-corrected chi connectivity index (χ0v) is 13.3. The van der Waals surface area contributed by atoms with Gasteiger partial charge in [0.25, 0.3) is 0 Å². The highest BCUT2D eigenvalue weighted by atomic mass is 31.2. The molecule has 0 bridgehead atoms. The molecule has 118 valence electrons.